The third-order valence-corrected chi connectivity index (χ3v) is 1.50. The van der Waals surface area contributed by atoms with Crippen molar-refractivity contribution in [1.82, 2.24) is 0 Å². The van der Waals surface area contributed by atoms with Gasteiger partial charge in [0.1, 0.15) is 0 Å². The Hall–Kier alpha value is 1.41. The van der Waals surface area contributed by atoms with E-state index in [1.165, 1.54) is 0 Å². The minimum absolute atomic E-state index is 0.637. The minimum atomic E-state index is -1.03. The van der Waals surface area contributed by atoms with Crippen LogP contribution in [0.25, 0.3) is 0 Å². The van der Waals surface area contributed by atoms with Crippen molar-refractivity contribution >= 4 is 51.3 Å². The zero-order valence-electron chi connectivity index (χ0n) is 3.55. The van der Waals surface area contributed by atoms with Gasteiger partial charge in [0.2, 0.25) is 0 Å². The SMILES string of the molecule is ClC(Cl)(Cl)C[CH2][Ge]. The van der Waals surface area contributed by atoms with Gasteiger partial charge in [0.25, 0.3) is 0 Å². The molecule has 0 heterocycles. The van der Waals surface area contributed by atoms with E-state index >= 15 is 0 Å². The van der Waals surface area contributed by atoms with Crippen LogP contribution >= 0.6 is 34.8 Å². The normalized spacial score (nSPS) is 12.0. The molecule has 4 heteroatoms. The molecule has 3 radical (unpaired) electrons. The quantitative estimate of drug-likeness (QED) is 0.469. The van der Waals surface area contributed by atoms with E-state index in [0.29, 0.717) is 6.42 Å². The number of alkyl halides is 3. The second-order valence-electron chi connectivity index (χ2n) is 1.12. The Morgan fingerprint density at radius 3 is 1.71 bits per heavy atom. The second-order valence-corrected chi connectivity index (χ2v) is 4.68. The van der Waals surface area contributed by atoms with Crippen LogP contribution in [0.3, 0.4) is 0 Å². The maximum atomic E-state index is 5.36. The molecule has 0 saturated carbocycles. The number of rotatable bonds is 1. The van der Waals surface area contributed by atoms with Crippen LogP contribution in [-0.4, -0.2) is 20.3 Å². The predicted molar refractivity (Wildman–Crippen MR) is 35.5 cm³/mol. The van der Waals surface area contributed by atoms with Gasteiger partial charge in [-0.1, -0.05) is 0 Å². The third kappa shape index (κ3) is 7.41. The van der Waals surface area contributed by atoms with Crippen molar-refractivity contribution in [2.45, 2.75) is 15.5 Å². The Morgan fingerprint density at radius 2 is 1.71 bits per heavy atom. The molecule has 0 aliphatic rings. The Morgan fingerprint density at radius 1 is 1.29 bits per heavy atom. The Labute approximate surface area is 66.7 Å². The first-order valence-corrected chi connectivity index (χ1v) is 4.39. The molecule has 0 nitrogen and oxygen atoms in total. The van der Waals surface area contributed by atoms with Gasteiger partial charge in [0.05, 0.1) is 0 Å². The summed E-state index contributed by atoms with van der Waals surface area (Å²) in [4.78, 5) is 0. The molecule has 41 valence electrons. The van der Waals surface area contributed by atoms with Gasteiger partial charge < -0.3 is 0 Å². The molecule has 0 amide bonds. The van der Waals surface area contributed by atoms with Gasteiger partial charge >= 0.3 is 66.8 Å². The van der Waals surface area contributed by atoms with Crippen molar-refractivity contribution < 1.29 is 0 Å². The van der Waals surface area contributed by atoms with E-state index in [1.54, 1.807) is 0 Å². The topological polar surface area (TPSA) is 0 Å². The van der Waals surface area contributed by atoms with E-state index in [2.05, 4.69) is 0 Å². The van der Waals surface area contributed by atoms with Crippen molar-refractivity contribution in [1.29, 1.82) is 0 Å². The summed E-state index contributed by atoms with van der Waals surface area (Å²) in [5.74, 6) is 0. The van der Waals surface area contributed by atoms with Gasteiger partial charge in [-0.15, -0.1) is 0 Å². The fourth-order valence-electron chi connectivity index (χ4n) is 0.142. The molecule has 0 spiro atoms. The van der Waals surface area contributed by atoms with E-state index in [4.69, 9.17) is 34.8 Å². The molecule has 0 aromatic rings. The second kappa shape index (κ2) is 3.44. The summed E-state index contributed by atoms with van der Waals surface area (Å²) in [6.07, 6.45) is 0.637. The van der Waals surface area contributed by atoms with Gasteiger partial charge in [-0.05, 0) is 0 Å². The van der Waals surface area contributed by atoms with Crippen LogP contribution in [-0.2, 0) is 0 Å². The standard InChI is InChI=1S/C3H4Cl3Ge/c4-3(5,6)1-2-7/h1-2H2. The molecule has 0 aromatic heterocycles. The molecule has 0 rings (SSSR count). The molecule has 0 aliphatic carbocycles. The Kier molecular flexibility index (Phi) is 4.14. The molecular weight excluding hydrogens is 215 g/mol. The molecule has 0 bridgehead atoms. The maximum absolute atomic E-state index is 5.36. The number of hydrogen-bond donors (Lipinski definition) is 0. The van der Waals surface area contributed by atoms with Crippen LogP contribution in [0.4, 0.5) is 0 Å². The van der Waals surface area contributed by atoms with Crippen LogP contribution in [0, 0.1) is 0 Å². The summed E-state index contributed by atoms with van der Waals surface area (Å²) in [6.45, 7) is 0. The van der Waals surface area contributed by atoms with Gasteiger partial charge in [-0.25, -0.2) is 0 Å². The van der Waals surface area contributed by atoms with Crippen molar-refractivity contribution in [2.24, 2.45) is 0 Å². The van der Waals surface area contributed by atoms with Crippen LogP contribution in [0.5, 0.6) is 0 Å². The summed E-state index contributed by atoms with van der Waals surface area (Å²) >= 11 is 18.1. The first-order valence-electron chi connectivity index (χ1n) is 1.77. The Balaban J connectivity index is 3.15. The first kappa shape index (κ1) is 8.41. The van der Waals surface area contributed by atoms with E-state index in [9.17, 15) is 0 Å². The van der Waals surface area contributed by atoms with E-state index in [1.807, 2.05) is 16.5 Å². The van der Waals surface area contributed by atoms with Crippen LogP contribution in [0.15, 0.2) is 0 Å². The monoisotopic (exact) mass is 219 g/mol. The van der Waals surface area contributed by atoms with Crippen molar-refractivity contribution in [3.8, 4) is 0 Å². The van der Waals surface area contributed by atoms with Crippen LogP contribution in [0.2, 0.25) is 5.25 Å². The molecule has 0 saturated heterocycles. The number of halogens is 3. The van der Waals surface area contributed by atoms with E-state index < -0.39 is 3.79 Å². The molecule has 0 unspecified atom stereocenters. The molecule has 0 aromatic carbocycles. The fourth-order valence-corrected chi connectivity index (χ4v) is 2.21. The molecular formula is C3H4Cl3Ge. The van der Waals surface area contributed by atoms with Crippen molar-refractivity contribution in [3.63, 3.8) is 0 Å². The van der Waals surface area contributed by atoms with Crippen molar-refractivity contribution in [2.75, 3.05) is 0 Å². The molecule has 0 fully saturated rings. The van der Waals surface area contributed by atoms with Crippen molar-refractivity contribution in [3.05, 3.63) is 0 Å². The molecule has 0 N–H and O–H groups in total. The average molecular weight is 219 g/mol. The molecule has 0 aliphatic heterocycles. The summed E-state index contributed by atoms with van der Waals surface area (Å²) in [5, 5.41) is 0.913. The van der Waals surface area contributed by atoms with E-state index in [0.717, 1.165) is 5.25 Å². The number of hydrogen-bond acceptors (Lipinski definition) is 0. The summed E-state index contributed by atoms with van der Waals surface area (Å²) in [5.41, 5.74) is 0. The summed E-state index contributed by atoms with van der Waals surface area (Å²) in [6, 6.07) is 0. The summed E-state index contributed by atoms with van der Waals surface area (Å²) in [7, 11) is 0. The average Bonchev–Trinajstić information content (AvgIpc) is 1.30. The van der Waals surface area contributed by atoms with Gasteiger partial charge in [0, 0.05) is 0 Å². The Bertz CT molecular complexity index is 48.6. The van der Waals surface area contributed by atoms with Gasteiger partial charge in [-0.2, -0.15) is 0 Å². The van der Waals surface area contributed by atoms with Crippen LogP contribution in [0.1, 0.15) is 6.42 Å². The predicted octanol–water partition coefficient (Wildman–Crippen LogP) is 2.33. The molecule has 7 heavy (non-hydrogen) atoms. The van der Waals surface area contributed by atoms with Crippen LogP contribution < -0.4 is 0 Å². The zero-order valence-corrected chi connectivity index (χ0v) is 7.91. The fraction of sp³-hybridized carbons (Fsp3) is 1.00. The van der Waals surface area contributed by atoms with Gasteiger partial charge in [0.15, 0.2) is 0 Å². The van der Waals surface area contributed by atoms with E-state index in [-0.39, 0.29) is 0 Å². The third-order valence-electron chi connectivity index (χ3n) is 0.408. The zero-order chi connectivity index (χ0) is 5.91. The summed E-state index contributed by atoms with van der Waals surface area (Å²) < 4.78 is -1.03. The molecule has 0 atom stereocenters. The first-order chi connectivity index (χ1) is 3.06. The van der Waals surface area contributed by atoms with Gasteiger partial charge in [-0.3, -0.25) is 0 Å².